The highest BCUT2D eigenvalue weighted by molar-refractivity contribution is 14.0. The van der Waals surface area contributed by atoms with Gasteiger partial charge in [-0.05, 0) is 32.4 Å². The van der Waals surface area contributed by atoms with Crippen LogP contribution >= 0.6 is 35.3 Å². The molecule has 0 aliphatic carbocycles. The van der Waals surface area contributed by atoms with Crippen molar-refractivity contribution >= 4 is 41.3 Å². The lowest BCUT2D eigenvalue weighted by molar-refractivity contribution is 0.254. The van der Waals surface area contributed by atoms with E-state index in [1.807, 2.05) is 6.92 Å². The zero-order valence-corrected chi connectivity index (χ0v) is 20.0. The Morgan fingerprint density at radius 2 is 2.11 bits per heavy atom. The van der Waals surface area contributed by atoms with Crippen LogP contribution in [0.15, 0.2) is 22.5 Å². The molecule has 6 nitrogen and oxygen atoms in total. The van der Waals surface area contributed by atoms with E-state index < -0.39 is 0 Å². The topological polar surface area (TPSA) is 67.8 Å². The normalized spacial score (nSPS) is 15.4. The number of aryl methyl sites for hydroxylation is 1. The van der Waals surface area contributed by atoms with Gasteiger partial charge in [0.1, 0.15) is 17.6 Å². The highest BCUT2D eigenvalue weighted by Crippen LogP contribution is 2.35. The Morgan fingerprint density at radius 1 is 1.32 bits per heavy atom. The van der Waals surface area contributed by atoms with Gasteiger partial charge in [0, 0.05) is 36.5 Å². The fourth-order valence-electron chi connectivity index (χ4n) is 3.08. The molecule has 0 radical (unpaired) electrons. The molecule has 1 unspecified atom stereocenters. The number of thiazole rings is 1. The van der Waals surface area contributed by atoms with Crippen molar-refractivity contribution in [1.82, 2.24) is 15.6 Å². The summed E-state index contributed by atoms with van der Waals surface area (Å²) in [5.41, 5.74) is 3.32. The zero-order valence-electron chi connectivity index (χ0n) is 16.9. The second-order valence-electron chi connectivity index (χ2n) is 6.50. The molecule has 1 aliphatic rings. The zero-order chi connectivity index (χ0) is 19.2. The van der Waals surface area contributed by atoms with Gasteiger partial charge in [0.15, 0.2) is 5.96 Å². The molecule has 0 saturated heterocycles. The number of halogens is 1. The van der Waals surface area contributed by atoms with Gasteiger partial charge in [0.05, 0.1) is 23.9 Å². The fourth-order valence-corrected chi connectivity index (χ4v) is 3.82. The van der Waals surface area contributed by atoms with Gasteiger partial charge < -0.3 is 20.1 Å². The number of ether oxygens (including phenoxy) is 2. The summed E-state index contributed by atoms with van der Waals surface area (Å²) in [5, 5.41) is 9.92. The van der Waals surface area contributed by atoms with Crippen LogP contribution in [0.1, 0.15) is 42.6 Å². The Hall–Kier alpha value is -1.55. The molecule has 2 N–H and O–H groups in total. The van der Waals surface area contributed by atoms with Crippen LogP contribution in [-0.2, 0) is 25.9 Å². The van der Waals surface area contributed by atoms with Crippen molar-refractivity contribution in [2.45, 2.75) is 52.8 Å². The maximum atomic E-state index is 5.90. The molecule has 0 amide bonds. The first kappa shape index (κ1) is 22.7. The van der Waals surface area contributed by atoms with Crippen LogP contribution in [0.3, 0.4) is 0 Å². The van der Waals surface area contributed by atoms with Crippen molar-refractivity contribution < 1.29 is 9.47 Å². The van der Waals surface area contributed by atoms with Gasteiger partial charge in [-0.25, -0.2) is 4.98 Å². The molecule has 1 aliphatic heterocycles. The smallest absolute Gasteiger partial charge is 0.191 e. The summed E-state index contributed by atoms with van der Waals surface area (Å²) in [5.74, 6) is 2.60. The standard InChI is InChI=1S/C20H28N4O2S.HI/c1-5-19-24-16(12-27-19)11-23-20(21-4)22-10-15-9-18-14(7-13(3)26-18)8-17(15)25-6-2;/h8-9,12-13H,5-7,10-11H2,1-4H3,(H2,21,22,23);1H. The second kappa shape index (κ2) is 10.8. The average molecular weight is 516 g/mol. The van der Waals surface area contributed by atoms with E-state index in [0.717, 1.165) is 46.6 Å². The van der Waals surface area contributed by atoms with E-state index in [1.165, 1.54) is 5.56 Å². The summed E-state index contributed by atoms with van der Waals surface area (Å²) in [6.07, 6.45) is 2.12. The molecule has 0 fully saturated rings. The number of nitrogens with one attached hydrogen (secondary N) is 2. The molecule has 0 spiro atoms. The Bertz CT molecular complexity index is 809. The minimum absolute atomic E-state index is 0. The molecule has 0 saturated carbocycles. The van der Waals surface area contributed by atoms with Gasteiger partial charge in [-0.15, -0.1) is 35.3 Å². The van der Waals surface area contributed by atoms with Gasteiger partial charge in [-0.2, -0.15) is 0 Å². The van der Waals surface area contributed by atoms with E-state index in [1.54, 1.807) is 18.4 Å². The molecule has 3 rings (SSSR count). The number of fused-ring (bicyclic) bond motifs is 1. The van der Waals surface area contributed by atoms with Crippen LogP contribution < -0.4 is 20.1 Å². The summed E-state index contributed by atoms with van der Waals surface area (Å²) in [7, 11) is 1.77. The van der Waals surface area contributed by atoms with E-state index in [-0.39, 0.29) is 30.1 Å². The van der Waals surface area contributed by atoms with E-state index in [0.29, 0.717) is 19.7 Å². The maximum absolute atomic E-state index is 5.90. The Morgan fingerprint density at radius 3 is 2.79 bits per heavy atom. The Balaban J connectivity index is 0.00000280. The van der Waals surface area contributed by atoms with Crippen molar-refractivity contribution in [3.63, 3.8) is 0 Å². The SMILES string of the molecule is CCOc1cc2c(cc1CNC(=NC)NCc1csc(CC)n1)OC(C)C2.I. The van der Waals surface area contributed by atoms with Crippen LogP contribution in [0.25, 0.3) is 0 Å². The van der Waals surface area contributed by atoms with E-state index in [4.69, 9.17) is 9.47 Å². The highest BCUT2D eigenvalue weighted by Gasteiger charge is 2.21. The maximum Gasteiger partial charge on any atom is 0.191 e. The van der Waals surface area contributed by atoms with Crippen molar-refractivity contribution in [1.29, 1.82) is 0 Å². The first-order valence-electron chi connectivity index (χ1n) is 9.45. The molecule has 8 heteroatoms. The molecule has 2 aromatic rings. The molecule has 1 aromatic heterocycles. The number of hydrogen-bond donors (Lipinski definition) is 2. The first-order chi connectivity index (χ1) is 13.1. The summed E-state index contributed by atoms with van der Waals surface area (Å²) in [4.78, 5) is 8.88. The fraction of sp³-hybridized carbons (Fsp3) is 0.500. The van der Waals surface area contributed by atoms with Crippen LogP contribution in [0.4, 0.5) is 0 Å². The van der Waals surface area contributed by atoms with Crippen LogP contribution in [0.2, 0.25) is 0 Å². The molecular weight excluding hydrogens is 487 g/mol. The summed E-state index contributed by atoms with van der Waals surface area (Å²) >= 11 is 1.70. The third-order valence-electron chi connectivity index (χ3n) is 4.39. The number of aromatic nitrogens is 1. The van der Waals surface area contributed by atoms with E-state index in [2.05, 4.69) is 52.0 Å². The number of aliphatic imine (C=N–C) groups is 1. The van der Waals surface area contributed by atoms with Crippen LogP contribution in [0.5, 0.6) is 11.5 Å². The van der Waals surface area contributed by atoms with Gasteiger partial charge in [0.2, 0.25) is 0 Å². The number of guanidine groups is 1. The van der Waals surface area contributed by atoms with Gasteiger partial charge in [-0.3, -0.25) is 4.99 Å². The molecule has 1 atom stereocenters. The van der Waals surface area contributed by atoms with Crippen molar-refractivity contribution in [2.24, 2.45) is 4.99 Å². The lowest BCUT2D eigenvalue weighted by Crippen LogP contribution is -2.36. The van der Waals surface area contributed by atoms with Crippen molar-refractivity contribution in [3.8, 4) is 11.5 Å². The number of nitrogens with zero attached hydrogens (tertiary/aromatic N) is 2. The number of rotatable bonds is 7. The third-order valence-corrected chi connectivity index (χ3v) is 5.43. The van der Waals surface area contributed by atoms with Crippen LogP contribution in [0, 0.1) is 0 Å². The minimum Gasteiger partial charge on any atom is -0.494 e. The molecule has 2 heterocycles. The Kier molecular flexibility index (Phi) is 8.81. The van der Waals surface area contributed by atoms with Gasteiger partial charge >= 0.3 is 0 Å². The third kappa shape index (κ3) is 5.73. The van der Waals surface area contributed by atoms with Gasteiger partial charge in [-0.1, -0.05) is 6.92 Å². The molecule has 1 aromatic carbocycles. The largest absolute Gasteiger partial charge is 0.494 e. The highest BCUT2D eigenvalue weighted by atomic mass is 127. The predicted molar refractivity (Wildman–Crippen MR) is 125 cm³/mol. The average Bonchev–Trinajstić information content (AvgIpc) is 3.27. The summed E-state index contributed by atoms with van der Waals surface area (Å²) < 4.78 is 11.7. The van der Waals surface area contributed by atoms with Crippen molar-refractivity contribution in [3.05, 3.63) is 39.3 Å². The van der Waals surface area contributed by atoms with Crippen molar-refractivity contribution in [2.75, 3.05) is 13.7 Å². The van der Waals surface area contributed by atoms with E-state index in [9.17, 15) is 0 Å². The number of hydrogen-bond acceptors (Lipinski definition) is 5. The summed E-state index contributed by atoms with van der Waals surface area (Å²) in [6, 6.07) is 4.19. The summed E-state index contributed by atoms with van der Waals surface area (Å²) in [6.45, 7) is 8.11. The molecule has 154 valence electrons. The predicted octanol–water partition coefficient (Wildman–Crippen LogP) is 3.91. The lowest BCUT2D eigenvalue weighted by atomic mass is 10.1. The quantitative estimate of drug-likeness (QED) is 0.332. The first-order valence-corrected chi connectivity index (χ1v) is 10.3. The monoisotopic (exact) mass is 516 g/mol. The van der Waals surface area contributed by atoms with E-state index >= 15 is 0 Å². The minimum atomic E-state index is 0. The molecular formula is C20H29IN4O2S. The second-order valence-corrected chi connectivity index (χ2v) is 7.44. The molecule has 28 heavy (non-hydrogen) atoms. The number of benzene rings is 1. The van der Waals surface area contributed by atoms with Crippen LogP contribution in [-0.4, -0.2) is 30.7 Å². The Labute approximate surface area is 188 Å². The van der Waals surface area contributed by atoms with Gasteiger partial charge in [0.25, 0.3) is 0 Å². The molecule has 0 bridgehead atoms. The lowest BCUT2D eigenvalue weighted by Gasteiger charge is -2.15.